The standard InChI is InChI=1S/C14H22N2O/c1-5-9-15-14(17)16-13-11(4)7-6-8-12(13)10(2)3/h6-8,10H,5,9H2,1-4H3,(H2,15,16,17). The van der Waals surface area contributed by atoms with Gasteiger partial charge in [0.2, 0.25) is 0 Å². The van der Waals surface area contributed by atoms with Gasteiger partial charge in [0.1, 0.15) is 0 Å². The van der Waals surface area contributed by atoms with E-state index in [1.54, 1.807) is 0 Å². The van der Waals surface area contributed by atoms with Crippen LogP contribution in [-0.4, -0.2) is 12.6 Å². The Morgan fingerprint density at radius 1 is 1.35 bits per heavy atom. The molecule has 17 heavy (non-hydrogen) atoms. The summed E-state index contributed by atoms with van der Waals surface area (Å²) in [6.07, 6.45) is 0.943. The first-order valence-corrected chi connectivity index (χ1v) is 6.20. The molecule has 0 saturated carbocycles. The summed E-state index contributed by atoms with van der Waals surface area (Å²) in [6, 6.07) is 5.98. The maximum Gasteiger partial charge on any atom is 0.319 e. The Balaban J connectivity index is 2.85. The molecule has 0 fully saturated rings. The zero-order valence-electron chi connectivity index (χ0n) is 11.1. The number of nitrogens with one attached hydrogen (secondary N) is 2. The highest BCUT2D eigenvalue weighted by Crippen LogP contribution is 2.27. The van der Waals surface area contributed by atoms with Gasteiger partial charge in [0.15, 0.2) is 0 Å². The second-order valence-electron chi connectivity index (χ2n) is 4.57. The second-order valence-corrected chi connectivity index (χ2v) is 4.57. The van der Waals surface area contributed by atoms with Gasteiger partial charge in [0.25, 0.3) is 0 Å². The largest absolute Gasteiger partial charge is 0.338 e. The number of hydrogen-bond donors (Lipinski definition) is 2. The highest BCUT2D eigenvalue weighted by Gasteiger charge is 2.11. The fourth-order valence-electron chi connectivity index (χ4n) is 1.74. The molecule has 0 aromatic heterocycles. The van der Waals surface area contributed by atoms with E-state index in [4.69, 9.17) is 0 Å². The molecule has 0 radical (unpaired) electrons. The van der Waals surface area contributed by atoms with Crippen molar-refractivity contribution >= 4 is 11.7 Å². The Morgan fingerprint density at radius 3 is 2.65 bits per heavy atom. The summed E-state index contributed by atoms with van der Waals surface area (Å²) in [7, 11) is 0. The van der Waals surface area contributed by atoms with Crippen molar-refractivity contribution in [1.29, 1.82) is 0 Å². The molecule has 94 valence electrons. The fraction of sp³-hybridized carbons (Fsp3) is 0.500. The molecule has 3 heteroatoms. The summed E-state index contributed by atoms with van der Waals surface area (Å²) >= 11 is 0. The number of aryl methyl sites for hydroxylation is 1. The summed E-state index contributed by atoms with van der Waals surface area (Å²) < 4.78 is 0. The molecule has 2 amide bonds. The number of rotatable bonds is 4. The first-order chi connectivity index (χ1) is 8.06. The lowest BCUT2D eigenvalue weighted by Crippen LogP contribution is -2.30. The molecule has 0 aliphatic rings. The van der Waals surface area contributed by atoms with Gasteiger partial charge in [-0.2, -0.15) is 0 Å². The van der Waals surface area contributed by atoms with Gasteiger partial charge in [-0.15, -0.1) is 0 Å². The van der Waals surface area contributed by atoms with Crippen LogP contribution in [0.5, 0.6) is 0 Å². The van der Waals surface area contributed by atoms with E-state index in [1.807, 2.05) is 26.0 Å². The minimum atomic E-state index is -0.122. The molecule has 2 N–H and O–H groups in total. The van der Waals surface area contributed by atoms with Crippen molar-refractivity contribution in [3.63, 3.8) is 0 Å². The molecule has 0 aliphatic heterocycles. The smallest absolute Gasteiger partial charge is 0.319 e. The summed E-state index contributed by atoms with van der Waals surface area (Å²) in [6.45, 7) is 9.01. The third-order valence-corrected chi connectivity index (χ3v) is 2.70. The van der Waals surface area contributed by atoms with Crippen LogP contribution >= 0.6 is 0 Å². The molecule has 0 unspecified atom stereocenters. The van der Waals surface area contributed by atoms with Crippen molar-refractivity contribution in [2.24, 2.45) is 0 Å². The van der Waals surface area contributed by atoms with Crippen LogP contribution in [0, 0.1) is 6.92 Å². The number of carbonyl (C=O) groups excluding carboxylic acids is 1. The first-order valence-electron chi connectivity index (χ1n) is 6.20. The van der Waals surface area contributed by atoms with Gasteiger partial charge in [-0.3, -0.25) is 0 Å². The lowest BCUT2D eigenvalue weighted by Gasteiger charge is -2.16. The van der Waals surface area contributed by atoms with Crippen LogP contribution in [0.2, 0.25) is 0 Å². The van der Waals surface area contributed by atoms with Crippen molar-refractivity contribution in [2.75, 3.05) is 11.9 Å². The summed E-state index contributed by atoms with van der Waals surface area (Å²) in [4.78, 5) is 11.7. The Kier molecular flexibility index (Phi) is 5.01. The predicted octanol–water partition coefficient (Wildman–Crippen LogP) is 3.65. The average molecular weight is 234 g/mol. The highest BCUT2D eigenvalue weighted by atomic mass is 16.2. The van der Waals surface area contributed by atoms with Gasteiger partial charge in [-0.05, 0) is 30.4 Å². The molecule has 0 spiro atoms. The molecule has 1 aromatic carbocycles. The van der Waals surface area contributed by atoms with Gasteiger partial charge >= 0.3 is 6.03 Å². The van der Waals surface area contributed by atoms with Crippen LogP contribution in [0.3, 0.4) is 0 Å². The minimum absolute atomic E-state index is 0.122. The summed E-state index contributed by atoms with van der Waals surface area (Å²) in [5.74, 6) is 0.399. The lowest BCUT2D eigenvalue weighted by atomic mass is 9.98. The minimum Gasteiger partial charge on any atom is -0.338 e. The molecule has 3 nitrogen and oxygen atoms in total. The number of hydrogen-bond acceptors (Lipinski definition) is 1. The van der Waals surface area contributed by atoms with Gasteiger partial charge in [0.05, 0.1) is 0 Å². The molecule has 1 aromatic rings. The topological polar surface area (TPSA) is 41.1 Å². The fourth-order valence-corrected chi connectivity index (χ4v) is 1.74. The molecule has 0 bridgehead atoms. The van der Waals surface area contributed by atoms with Crippen molar-refractivity contribution in [3.05, 3.63) is 29.3 Å². The van der Waals surface area contributed by atoms with E-state index in [0.717, 1.165) is 17.7 Å². The number of carbonyl (C=O) groups is 1. The molecular weight excluding hydrogens is 212 g/mol. The van der Waals surface area contributed by atoms with Crippen molar-refractivity contribution in [1.82, 2.24) is 5.32 Å². The summed E-state index contributed by atoms with van der Waals surface area (Å²) in [5, 5.41) is 5.77. The molecule has 0 saturated heterocycles. The van der Waals surface area contributed by atoms with Crippen LogP contribution in [0.25, 0.3) is 0 Å². The molecular formula is C14H22N2O. The second kappa shape index (κ2) is 6.28. The average Bonchev–Trinajstić information content (AvgIpc) is 2.28. The van der Waals surface area contributed by atoms with Crippen LogP contribution in [0.15, 0.2) is 18.2 Å². The normalized spacial score (nSPS) is 10.4. The van der Waals surface area contributed by atoms with Crippen LogP contribution < -0.4 is 10.6 Å². The molecule has 1 rings (SSSR count). The van der Waals surface area contributed by atoms with E-state index in [0.29, 0.717) is 12.5 Å². The quantitative estimate of drug-likeness (QED) is 0.820. The summed E-state index contributed by atoms with van der Waals surface area (Å²) in [5.41, 5.74) is 3.22. The molecule has 0 heterocycles. The number of amides is 2. The van der Waals surface area contributed by atoms with Crippen molar-refractivity contribution < 1.29 is 4.79 Å². The van der Waals surface area contributed by atoms with Gasteiger partial charge in [0, 0.05) is 12.2 Å². The first kappa shape index (κ1) is 13.6. The number of para-hydroxylation sites is 1. The van der Waals surface area contributed by atoms with Crippen molar-refractivity contribution in [2.45, 2.75) is 40.0 Å². The van der Waals surface area contributed by atoms with E-state index >= 15 is 0 Å². The Labute approximate surface area is 104 Å². The third-order valence-electron chi connectivity index (χ3n) is 2.70. The van der Waals surface area contributed by atoms with E-state index in [1.165, 1.54) is 5.56 Å². The van der Waals surface area contributed by atoms with Crippen LogP contribution in [0.4, 0.5) is 10.5 Å². The van der Waals surface area contributed by atoms with Crippen LogP contribution in [-0.2, 0) is 0 Å². The van der Waals surface area contributed by atoms with Gasteiger partial charge in [-0.25, -0.2) is 4.79 Å². The Hall–Kier alpha value is -1.51. The molecule has 0 aliphatic carbocycles. The Bertz CT molecular complexity index is 386. The maximum absolute atomic E-state index is 11.7. The predicted molar refractivity (Wildman–Crippen MR) is 72.6 cm³/mol. The zero-order chi connectivity index (χ0) is 12.8. The van der Waals surface area contributed by atoms with E-state index < -0.39 is 0 Å². The third kappa shape index (κ3) is 3.77. The molecule has 0 atom stereocenters. The lowest BCUT2D eigenvalue weighted by molar-refractivity contribution is 0.252. The Morgan fingerprint density at radius 2 is 2.06 bits per heavy atom. The van der Waals surface area contributed by atoms with Crippen molar-refractivity contribution in [3.8, 4) is 0 Å². The number of anilines is 1. The monoisotopic (exact) mass is 234 g/mol. The van der Waals surface area contributed by atoms with Gasteiger partial charge in [-0.1, -0.05) is 39.0 Å². The van der Waals surface area contributed by atoms with Gasteiger partial charge < -0.3 is 10.6 Å². The van der Waals surface area contributed by atoms with E-state index in [9.17, 15) is 4.79 Å². The van der Waals surface area contributed by atoms with E-state index in [-0.39, 0.29) is 6.03 Å². The SMILES string of the molecule is CCCNC(=O)Nc1c(C)cccc1C(C)C. The zero-order valence-corrected chi connectivity index (χ0v) is 11.1. The number of urea groups is 1. The number of benzene rings is 1. The van der Waals surface area contributed by atoms with Crippen LogP contribution in [0.1, 0.15) is 44.2 Å². The van der Waals surface area contributed by atoms with E-state index in [2.05, 4.69) is 30.5 Å². The maximum atomic E-state index is 11.7. The highest BCUT2D eigenvalue weighted by molar-refractivity contribution is 5.91.